The average Bonchev–Trinajstić information content (AvgIpc) is 2.95. The van der Waals surface area contributed by atoms with Crippen molar-refractivity contribution >= 4 is 40.4 Å². The molecule has 0 radical (unpaired) electrons. The number of carbonyl (C=O) groups is 3. The largest absolute Gasteiger partial charge is 0.462 e. The first-order valence-corrected chi connectivity index (χ1v) is 8.66. The molecule has 0 bridgehead atoms. The van der Waals surface area contributed by atoms with Gasteiger partial charge in [-0.1, -0.05) is 23.7 Å². The third-order valence-corrected chi connectivity index (χ3v) is 4.74. The summed E-state index contributed by atoms with van der Waals surface area (Å²) in [5.74, 6) is -1.80. The lowest BCUT2D eigenvalue weighted by atomic mass is 10.1. The number of fused-ring (bicyclic) bond motifs is 2. The van der Waals surface area contributed by atoms with Crippen molar-refractivity contribution in [3.63, 3.8) is 0 Å². The number of halogens is 1. The van der Waals surface area contributed by atoms with Gasteiger partial charge in [0.1, 0.15) is 28.7 Å². The Morgan fingerprint density at radius 3 is 2.36 bits per heavy atom. The minimum atomic E-state index is -1.14. The molecule has 28 heavy (non-hydrogen) atoms. The van der Waals surface area contributed by atoms with Gasteiger partial charge in [-0.3, -0.25) is 19.3 Å². The highest BCUT2D eigenvalue weighted by Gasteiger charge is 2.41. The lowest BCUT2D eigenvalue weighted by Gasteiger charge is -2.20. The van der Waals surface area contributed by atoms with Crippen LogP contribution in [0.4, 0.5) is 0 Å². The van der Waals surface area contributed by atoms with E-state index in [1.54, 1.807) is 12.1 Å². The Balaban J connectivity index is 1.58. The predicted octanol–water partition coefficient (Wildman–Crippen LogP) is 3.04. The number of rotatable bonds is 3. The number of ether oxygens (including phenoxy) is 1. The van der Waals surface area contributed by atoms with Crippen LogP contribution < -0.4 is 10.2 Å². The van der Waals surface area contributed by atoms with E-state index in [0.29, 0.717) is 0 Å². The number of carbonyl (C=O) groups excluding carboxylic acids is 3. The Morgan fingerprint density at radius 1 is 1.07 bits per heavy atom. The number of imide groups is 1. The fourth-order valence-electron chi connectivity index (χ4n) is 3.02. The van der Waals surface area contributed by atoms with Gasteiger partial charge >= 0.3 is 5.97 Å². The first kappa shape index (κ1) is 17.9. The van der Waals surface area contributed by atoms with Crippen molar-refractivity contribution in [3.8, 4) is 5.75 Å². The van der Waals surface area contributed by atoms with Crippen molar-refractivity contribution in [1.29, 1.82) is 0 Å². The van der Waals surface area contributed by atoms with E-state index in [4.69, 9.17) is 20.8 Å². The van der Waals surface area contributed by atoms with E-state index in [2.05, 4.69) is 0 Å². The molecule has 4 rings (SSSR count). The number of amides is 2. The van der Waals surface area contributed by atoms with Crippen LogP contribution in [0.2, 0.25) is 5.02 Å². The molecule has 140 valence electrons. The van der Waals surface area contributed by atoms with E-state index in [9.17, 15) is 19.2 Å². The quantitative estimate of drug-likeness (QED) is 0.383. The molecule has 0 aliphatic carbocycles. The Kier molecular flexibility index (Phi) is 4.24. The zero-order chi connectivity index (χ0) is 20.0. The van der Waals surface area contributed by atoms with Crippen molar-refractivity contribution in [1.82, 2.24) is 4.90 Å². The van der Waals surface area contributed by atoms with Crippen LogP contribution in [0, 0.1) is 0 Å². The molecule has 0 unspecified atom stereocenters. The molecule has 1 aromatic heterocycles. The fourth-order valence-corrected chi connectivity index (χ4v) is 3.16. The zero-order valence-corrected chi connectivity index (χ0v) is 15.2. The van der Waals surface area contributed by atoms with Crippen molar-refractivity contribution < 1.29 is 23.5 Å². The van der Waals surface area contributed by atoms with Crippen molar-refractivity contribution in [2.75, 3.05) is 0 Å². The maximum atomic E-state index is 12.5. The van der Waals surface area contributed by atoms with Gasteiger partial charge in [-0.2, -0.15) is 0 Å². The highest BCUT2D eigenvalue weighted by Crippen LogP contribution is 2.26. The molecular formula is C20H12ClNO6. The Bertz CT molecular complexity index is 1180. The molecule has 1 aliphatic rings. The highest BCUT2D eigenvalue weighted by atomic mass is 35.5. The lowest BCUT2D eigenvalue weighted by Crippen LogP contribution is -2.44. The topological polar surface area (TPSA) is 93.9 Å². The molecule has 1 atom stereocenters. The third kappa shape index (κ3) is 2.76. The molecule has 0 saturated carbocycles. The van der Waals surface area contributed by atoms with Gasteiger partial charge in [0.2, 0.25) is 5.43 Å². The highest BCUT2D eigenvalue weighted by molar-refractivity contribution is 6.30. The normalized spacial score (nSPS) is 14.3. The molecule has 1 aliphatic heterocycles. The van der Waals surface area contributed by atoms with Gasteiger partial charge in [-0.15, -0.1) is 0 Å². The molecular weight excluding hydrogens is 386 g/mol. The molecule has 7 nitrogen and oxygen atoms in total. The van der Waals surface area contributed by atoms with Gasteiger partial charge in [0.05, 0.1) is 16.5 Å². The SMILES string of the molecule is C[C@@H](C(=O)Oc1ccc2c(=O)c(Cl)coc2c1)N1C(=O)c2ccccc2C1=O. The molecule has 0 fully saturated rings. The molecule has 0 N–H and O–H groups in total. The van der Waals surface area contributed by atoms with E-state index in [-0.39, 0.29) is 32.9 Å². The van der Waals surface area contributed by atoms with Crippen molar-refractivity contribution in [3.05, 3.63) is 75.1 Å². The number of esters is 1. The molecule has 3 aromatic rings. The van der Waals surface area contributed by atoms with E-state index >= 15 is 0 Å². The lowest BCUT2D eigenvalue weighted by molar-refractivity contribution is -0.138. The van der Waals surface area contributed by atoms with Crippen LogP contribution in [0.15, 0.2) is 57.9 Å². The van der Waals surface area contributed by atoms with Crippen LogP contribution in [-0.4, -0.2) is 28.7 Å². The summed E-state index contributed by atoms with van der Waals surface area (Å²) in [5, 5.41) is 0.178. The van der Waals surface area contributed by atoms with Gasteiger partial charge in [0.15, 0.2) is 0 Å². The Hall–Kier alpha value is -3.45. The van der Waals surface area contributed by atoms with Gasteiger partial charge in [-0.25, -0.2) is 4.79 Å². The summed E-state index contributed by atoms with van der Waals surface area (Å²) < 4.78 is 10.5. The second kappa shape index (κ2) is 6.61. The molecule has 2 aromatic carbocycles. The molecule has 2 amide bonds. The summed E-state index contributed by atoms with van der Waals surface area (Å²) in [7, 11) is 0. The maximum absolute atomic E-state index is 12.5. The van der Waals surface area contributed by atoms with Gasteiger partial charge < -0.3 is 9.15 Å². The van der Waals surface area contributed by atoms with Gasteiger partial charge in [0.25, 0.3) is 11.8 Å². The average molecular weight is 398 g/mol. The third-order valence-electron chi connectivity index (χ3n) is 4.48. The first-order valence-electron chi connectivity index (χ1n) is 8.28. The molecule has 8 heteroatoms. The minimum absolute atomic E-state index is 0.0588. The van der Waals surface area contributed by atoms with Gasteiger partial charge in [0, 0.05) is 6.07 Å². The van der Waals surface area contributed by atoms with Crippen LogP contribution >= 0.6 is 11.6 Å². The smallest absolute Gasteiger partial charge is 0.334 e. The Morgan fingerprint density at radius 2 is 1.71 bits per heavy atom. The second-order valence-corrected chi connectivity index (χ2v) is 6.60. The number of hydrogen-bond acceptors (Lipinski definition) is 6. The summed E-state index contributed by atoms with van der Waals surface area (Å²) in [6, 6.07) is 9.40. The summed E-state index contributed by atoms with van der Waals surface area (Å²) in [6.07, 6.45) is 1.10. The summed E-state index contributed by atoms with van der Waals surface area (Å²) in [5.41, 5.74) is 0.279. The van der Waals surface area contributed by atoms with Crippen LogP contribution in [0.3, 0.4) is 0 Å². The molecule has 0 spiro atoms. The van der Waals surface area contributed by atoms with E-state index in [0.717, 1.165) is 11.2 Å². The first-order chi connectivity index (χ1) is 13.4. The number of benzene rings is 2. The molecule has 0 saturated heterocycles. The standard InChI is InChI=1S/C20H12ClNO6/c1-10(22-18(24)12-4-2-3-5-13(12)19(22)25)20(26)28-11-6-7-14-16(8-11)27-9-15(21)17(14)23/h2-10H,1H3/t10-/m0/s1. The van der Waals surface area contributed by atoms with E-state index < -0.39 is 29.3 Å². The van der Waals surface area contributed by atoms with Crippen LogP contribution in [0.5, 0.6) is 5.75 Å². The van der Waals surface area contributed by atoms with E-state index in [1.165, 1.54) is 37.3 Å². The van der Waals surface area contributed by atoms with Crippen LogP contribution in [0.25, 0.3) is 11.0 Å². The zero-order valence-electron chi connectivity index (χ0n) is 14.5. The fraction of sp³-hybridized carbons (Fsp3) is 0.100. The van der Waals surface area contributed by atoms with Crippen LogP contribution in [-0.2, 0) is 4.79 Å². The monoisotopic (exact) mass is 397 g/mol. The maximum Gasteiger partial charge on any atom is 0.334 e. The summed E-state index contributed by atoms with van der Waals surface area (Å²) >= 11 is 5.73. The number of nitrogens with zero attached hydrogens (tertiary/aromatic N) is 1. The van der Waals surface area contributed by atoms with Crippen molar-refractivity contribution in [2.24, 2.45) is 0 Å². The summed E-state index contributed by atoms with van der Waals surface area (Å²) in [4.78, 5) is 50.3. The van der Waals surface area contributed by atoms with Crippen molar-refractivity contribution in [2.45, 2.75) is 13.0 Å². The second-order valence-electron chi connectivity index (χ2n) is 6.19. The summed E-state index contributed by atoms with van der Waals surface area (Å²) in [6.45, 7) is 1.41. The predicted molar refractivity (Wildman–Crippen MR) is 99.5 cm³/mol. The van der Waals surface area contributed by atoms with E-state index in [1.807, 2.05) is 0 Å². The Labute approximate surface area is 163 Å². The molecule has 2 heterocycles. The van der Waals surface area contributed by atoms with Gasteiger partial charge in [-0.05, 0) is 31.2 Å². The minimum Gasteiger partial charge on any atom is -0.462 e. The number of hydrogen-bond donors (Lipinski definition) is 0. The van der Waals surface area contributed by atoms with Crippen LogP contribution in [0.1, 0.15) is 27.6 Å².